The van der Waals surface area contributed by atoms with Crippen molar-refractivity contribution in [1.82, 2.24) is 5.32 Å². The van der Waals surface area contributed by atoms with E-state index in [1.54, 1.807) is 14.2 Å². The molecule has 0 heterocycles. The van der Waals surface area contributed by atoms with Crippen LogP contribution < -0.4 is 5.32 Å². The predicted molar refractivity (Wildman–Crippen MR) is 47.0 cm³/mol. The predicted octanol–water partition coefficient (Wildman–Crippen LogP) is -0.0342. The minimum atomic E-state index is -0.282. The molecule has 0 unspecified atom stereocenters. The smallest absolute Gasteiger partial charge is 0.169 e. The first-order valence-electron chi connectivity index (χ1n) is 3.97. The van der Waals surface area contributed by atoms with E-state index in [2.05, 4.69) is 5.32 Å². The first kappa shape index (κ1) is 11.8. The van der Waals surface area contributed by atoms with Crippen LogP contribution in [0.15, 0.2) is 0 Å². The fraction of sp³-hybridized carbons (Fsp3) is 1.00. The lowest BCUT2D eigenvalue weighted by Crippen LogP contribution is -2.46. The molecule has 0 fully saturated rings. The van der Waals surface area contributed by atoms with Gasteiger partial charge in [0, 0.05) is 26.3 Å². The van der Waals surface area contributed by atoms with E-state index < -0.39 is 0 Å². The number of ether oxygens (including phenoxy) is 2. The Labute approximate surface area is 73.9 Å². The highest BCUT2D eigenvalue weighted by Gasteiger charge is 2.17. The van der Waals surface area contributed by atoms with Gasteiger partial charge in [0.25, 0.3) is 0 Å². The van der Waals surface area contributed by atoms with Crippen molar-refractivity contribution in [2.45, 2.75) is 25.7 Å². The minimum absolute atomic E-state index is 0.0904. The highest BCUT2D eigenvalue weighted by atomic mass is 16.7. The van der Waals surface area contributed by atoms with Crippen molar-refractivity contribution < 1.29 is 14.6 Å². The molecular formula is C8H19NO3. The molecule has 0 bridgehead atoms. The van der Waals surface area contributed by atoms with Crippen molar-refractivity contribution in [3.63, 3.8) is 0 Å². The van der Waals surface area contributed by atoms with Crippen LogP contribution in [-0.4, -0.2) is 44.3 Å². The van der Waals surface area contributed by atoms with Gasteiger partial charge in [-0.1, -0.05) is 0 Å². The molecule has 0 aliphatic carbocycles. The van der Waals surface area contributed by atoms with Crippen LogP contribution in [0.2, 0.25) is 0 Å². The molecule has 4 nitrogen and oxygen atoms in total. The Kier molecular flexibility index (Phi) is 5.41. The van der Waals surface area contributed by atoms with Crippen LogP contribution in [0, 0.1) is 0 Å². The Morgan fingerprint density at radius 3 is 2.17 bits per heavy atom. The zero-order valence-electron chi connectivity index (χ0n) is 8.26. The standard InChI is InChI=1S/C8H19NO3/c1-8(2,6-10)9-5-7(11-3)12-4/h7,9-10H,5-6H2,1-4H3. The molecule has 0 amide bonds. The van der Waals surface area contributed by atoms with Crippen molar-refractivity contribution in [2.24, 2.45) is 0 Å². The van der Waals surface area contributed by atoms with E-state index in [1.807, 2.05) is 13.8 Å². The minimum Gasteiger partial charge on any atom is -0.394 e. The van der Waals surface area contributed by atoms with Gasteiger partial charge in [-0.2, -0.15) is 0 Å². The number of methoxy groups -OCH3 is 2. The third kappa shape index (κ3) is 4.66. The molecule has 2 N–H and O–H groups in total. The fourth-order valence-corrected chi connectivity index (χ4v) is 0.678. The number of nitrogens with one attached hydrogen (secondary N) is 1. The van der Waals surface area contributed by atoms with Gasteiger partial charge in [0.15, 0.2) is 6.29 Å². The van der Waals surface area contributed by atoms with Gasteiger partial charge >= 0.3 is 0 Å². The molecule has 0 aromatic rings. The number of hydrogen-bond donors (Lipinski definition) is 2. The summed E-state index contributed by atoms with van der Waals surface area (Å²) in [6.07, 6.45) is -0.254. The number of rotatable bonds is 6. The molecule has 0 aromatic carbocycles. The molecule has 0 saturated heterocycles. The van der Waals surface area contributed by atoms with Gasteiger partial charge in [-0.15, -0.1) is 0 Å². The lowest BCUT2D eigenvalue weighted by Gasteiger charge is -2.25. The highest BCUT2D eigenvalue weighted by Crippen LogP contribution is 2.00. The van der Waals surface area contributed by atoms with Crippen molar-refractivity contribution in [3.05, 3.63) is 0 Å². The summed E-state index contributed by atoms with van der Waals surface area (Å²) >= 11 is 0. The van der Waals surface area contributed by atoms with E-state index in [0.717, 1.165) is 0 Å². The summed E-state index contributed by atoms with van der Waals surface area (Å²) in [7, 11) is 3.17. The topological polar surface area (TPSA) is 50.7 Å². The monoisotopic (exact) mass is 177 g/mol. The molecule has 4 heteroatoms. The summed E-state index contributed by atoms with van der Waals surface area (Å²) in [4.78, 5) is 0. The first-order valence-corrected chi connectivity index (χ1v) is 3.97. The summed E-state index contributed by atoms with van der Waals surface area (Å²) < 4.78 is 9.95. The SMILES string of the molecule is COC(CNC(C)(C)CO)OC. The number of hydrogen-bond acceptors (Lipinski definition) is 4. The van der Waals surface area contributed by atoms with E-state index in [4.69, 9.17) is 14.6 Å². The summed E-state index contributed by atoms with van der Waals surface area (Å²) in [5, 5.41) is 12.0. The largest absolute Gasteiger partial charge is 0.394 e. The van der Waals surface area contributed by atoms with E-state index >= 15 is 0 Å². The van der Waals surface area contributed by atoms with Crippen LogP contribution in [0.4, 0.5) is 0 Å². The molecule has 74 valence electrons. The summed E-state index contributed by atoms with van der Waals surface area (Å²) in [6, 6.07) is 0. The highest BCUT2D eigenvalue weighted by molar-refractivity contribution is 4.76. The van der Waals surface area contributed by atoms with Gasteiger partial charge in [0.1, 0.15) is 0 Å². The number of aliphatic hydroxyl groups excluding tert-OH is 1. The summed E-state index contributed by atoms with van der Waals surface area (Å²) in [6.45, 7) is 4.48. The zero-order chi connectivity index (χ0) is 9.61. The van der Waals surface area contributed by atoms with E-state index in [9.17, 15) is 0 Å². The van der Waals surface area contributed by atoms with Gasteiger partial charge in [-0.25, -0.2) is 0 Å². The molecule has 0 aliphatic rings. The summed E-state index contributed by atoms with van der Waals surface area (Å²) in [5.41, 5.74) is -0.282. The Hall–Kier alpha value is -0.160. The van der Waals surface area contributed by atoms with Crippen LogP contribution >= 0.6 is 0 Å². The maximum atomic E-state index is 8.91. The van der Waals surface area contributed by atoms with Gasteiger partial charge < -0.3 is 19.9 Å². The molecule has 0 radical (unpaired) electrons. The first-order chi connectivity index (χ1) is 5.55. The van der Waals surface area contributed by atoms with E-state index in [1.165, 1.54) is 0 Å². The molecule has 0 rings (SSSR count). The van der Waals surface area contributed by atoms with Crippen LogP contribution in [0.5, 0.6) is 0 Å². The quantitative estimate of drug-likeness (QED) is 0.559. The van der Waals surface area contributed by atoms with Crippen molar-refractivity contribution in [2.75, 3.05) is 27.4 Å². The van der Waals surface area contributed by atoms with Crippen LogP contribution in [0.1, 0.15) is 13.8 Å². The Morgan fingerprint density at radius 1 is 1.33 bits per heavy atom. The maximum absolute atomic E-state index is 8.91. The molecular weight excluding hydrogens is 158 g/mol. The van der Waals surface area contributed by atoms with Gasteiger partial charge in [-0.05, 0) is 13.8 Å². The molecule has 0 aliphatic heterocycles. The lowest BCUT2D eigenvalue weighted by atomic mass is 10.1. The lowest BCUT2D eigenvalue weighted by molar-refractivity contribution is -0.102. The summed E-state index contributed by atoms with van der Waals surface area (Å²) in [5.74, 6) is 0. The fourth-order valence-electron chi connectivity index (χ4n) is 0.678. The molecule has 0 aromatic heterocycles. The Morgan fingerprint density at radius 2 is 1.83 bits per heavy atom. The van der Waals surface area contributed by atoms with Crippen LogP contribution in [0.3, 0.4) is 0 Å². The van der Waals surface area contributed by atoms with Gasteiger partial charge in [0.2, 0.25) is 0 Å². The third-order valence-corrected chi connectivity index (χ3v) is 1.67. The van der Waals surface area contributed by atoms with Crippen molar-refractivity contribution in [3.8, 4) is 0 Å². The molecule has 0 spiro atoms. The second-order valence-corrected chi connectivity index (χ2v) is 3.32. The number of aliphatic hydroxyl groups is 1. The molecule has 0 saturated carbocycles. The van der Waals surface area contributed by atoms with Crippen LogP contribution in [-0.2, 0) is 9.47 Å². The second-order valence-electron chi connectivity index (χ2n) is 3.32. The molecule has 0 atom stereocenters. The van der Waals surface area contributed by atoms with Gasteiger partial charge in [0.05, 0.1) is 6.61 Å². The molecule has 12 heavy (non-hydrogen) atoms. The Balaban J connectivity index is 3.65. The van der Waals surface area contributed by atoms with Crippen molar-refractivity contribution in [1.29, 1.82) is 0 Å². The Bertz CT molecular complexity index is 113. The van der Waals surface area contributed by atoms with E-state index in [-0.39, 0.29) is 18.4 Å². The third-order valence-electron chi connectivity index (χ3n) is 1.67. The maximum Gasteiger partial charge on any atom is 0.169 e. The van der Waals surface area contributed by atoms with E-state index in [0.29, 0.717) is 6.54 Å². The second kappa shape index (κ2) is 5.48. The zero-order valence-corrected chi connectivity index (χ0v) is 8.26. The van der Waals surface area contributed by atoms with Crippen molar-refractivity contribution >= 4 is 0 Å². The van der Waals surface area contributed by atoms with Gasteiger partial charge in [-0.3, -0.25) is 0 Å². The average molecular weight is 177 g/mol. The average Bonchev–Trinajstić information content (AvgIpc) is 2.06. The normalized spacial score (nSPS) is 12.5. The van der Waals surface area contributed by atoms with Crippen LogP contribution in [0.25, 0.3) is 0 Å².